The number of hydrogen-bond acceptors (Lipinski definition) is 2. The van der Waals surface area contributed by atoms with Crippen LogP contribution in [-0.2, 0) is 5.41 Å². The summed E-state index contributed by atoms with van der Waals surface area (Å²) in [7, 11) is 0. The second-order valence-corrected chi connectivity index (χ2v) is 12.6. The standard InChI is InChI=1S/C43H31NO/c1-43(2)37-16-10-9-15-34(37)35-24-19-30-20-26-38-41(40(30)42(35)43)36-25-23-33(27-39(36)45-38)44(31-13-7-4-8-14-31)32-21-17-29(18-22-32)28-11-5-3-6-12-28/h3-27H,1-2H3. The van der Waals surface area contributed by atoms with Gasteiger partial charge in [0.25, 0.3) is 0 Å². The van der Waals surface area contributed by atoms with Crippen LogP contribution in [0, 0.1) is 0 Å². The third-order valence-electron chi connectivity index (χ3n) is 9.62. The number of benzene rings is 7. The van der Waals surface area contributed by atoms with Gasteiger partial charge in [-0.15, -0.1) is 0 Å². The van der Waals surface area contributed by atoms with Crippen LogP contribution in [0.15, 0.2) is 156 Å². The summed E-state index contributed by atoms with van der Waals surface area (Å²) in [6, 6.07) is 54.3. The molecule has 1 aliphatic carbocycles. The minimum Gasteiger partial charge on any atom is -0.456 e. The summed E-state index contributed by atoms with van der Waals surface area (Å²) in [6.07, 6.45) is 0. The molecule has 0 aliphatic heterocycles. The second-order valence-electron chi connectivity index (χ2n) is 12.6. The van der Waals surface area contributed by atoms with Crippen LogP contribution in [0.1, 0.15) is 25.0 Å². The molecule has 214 valence electrons. The molecule has 0 amide bonds. The summed E-state index contributed by atoms with van der Waals surface area (Å²) in [4.78, 5) is 2.30. The van der Waals surface area contributed by atoms with Crippen molar-refractivity contribution in [1.29, 1.82) is 0 Å². The van der Waals surface area contributed by atoms with Gasteiger partial charge >= 0.3 is 0 Å². The first-order chi connectivity index (χ1) is 22.1. The highest BCUT2D eigenvalue weighted by Crippen LogP contribution is 2.53. The second kappa shape index (κ2) is 9.70. The average Bonchev–Trinajstić information content (AvgIpc) is 3.58. The van der Waals surface area contributed by atoms with Crippen molar-refractivity contribution in [2.75, 3.05) is 4.90 Å². The Morgan fingerprint density at radius 3 is 1.93 bits per heavy atom. The normalized spacial score (nSPS) is 13.3. The molecule has 0 saturated heterocycles. The molecule has 2 heteroatoms. The Labute approximate surface area is 262 Å². The Kier molecular flexibility index (Phi) is 5.58. The third kappa shape index (κ3) is 3.89. The average molecular weight is 578 g/mol. The van der Waals surface area contributed by atoms with Crippen molar-refractivity contribution in [1.82, 2.24) is 0 Å². The fraction of sp³-hybridized carbons (Fsp3) is 0.0698. The number of hydrogen-bond donors (Lipinski definition) is 0. The molecular formula is C43H31NO. The maximum Gasteiger partial charge on any atom is 0.137 e. The highest BCUT2D eigenvalue weighted by molar-refractivity contribution is 6.22. The van der Waals surface area contributed by atoms with Gasteiger partial charge < -0.3 is 9.32 Å². The molecule has 1 aliphatic rings. The van der Waals surface area contributed by atoms with Gasteiger partial charge in [-0.25, -0.2) is 0 Å². The van der Waals surface area contributed by atoms with Gasteiger partial charge in [-0.2, -0.15) is 0 Å². The lowest BCUT2D eigenvalue weighted by molar-refractivity contribution is 0.665. The zero-order valence-corrected chi connectivity index (χ0v) is 25.3. The van der Waals surface area contributed by atoms with E-state index in [1.165, 1.54) is 49.5 Å². The number of nitrogens with zero attached hydrogens (tertiary/aromatic N) is 1. The summed E-state index contributed by atoms with van der Waals surface area (Å²) in [6.45, 7) is 4.72. The summed E-state index contributed by atoms with van der Waals surface area (Å²) in [5.41, 5.74) is 12.8. The van der Waals surface area contributed by atoms with E-state index in [9.17, 15) is 0 Å². The first-order valence-corrected chi connectivity index (χ1v) is 15.6. The van der Waals surface area contributed by atoms with Crippen LogP contribution >= 0.6 is 0 Å². The zero-order valence-electron chi connectivity index (χ0n) is 25.3. The largest absolute Gasteiger partial charge is 0.456 e. The minimum atomic E-state index is -0.112. The van der Waals surface area contributed by atoms with Crippen molar-refractivity contribution in [3.63, 3.8) is 0 Å². The van der Waals surface area contributed by atoms with E-state index in [0.29, 0.717) is 0 Å². The number of rotatable bonds is 4. The molecule has 8 aromatic rings. The molecule has 0 atom stereocenters. The quantitative estimate of drug-likeness (QED) is 0.207. The van der Waals surface area contributed by atoms with Gasteiger partial charge in [-0.1, -0.05) is 117 Å². The van der Waals surface area contributed by atoms with E-state index in [-0.39, 0.29) is 5.41 Å². The molecule has 45 heavy (non-hydrogen) atoms. The van der Waals surface area contributed by atoms with E-state index >= 15 is 0 Å². The van der Waals surface area contributed by atoms with Gasteiger partial charge in [0.1, 0.15) is 11.2 Å². The van der Waals surface area contributed by atoms with E-state index in [2.05, 4.69) is 170 Å². The van der Waals surface area contributed by atoms with E-state index in [4.69, 9.17) is 4.42 Å². The topological polar surface area (TPSA) is 16.4 Å². The van der Waals surface area contributed by atoms with Gasteiger partial charge in [-0.3, -0.25) is 0 Å². The maximum absolute atomic E-state index is 6.68. The molecule has 1 aromatic heterocycles. The van der Waals surface area contributed by atoms with Gasteiger partial charge in [0.05, 0.1) is 0 Å². The lowest BCUT2D eigenvalue weighted by Gasteiger charge is -2.25. The van der Waals surface area contributed by atoms with E-state index in [0.717, 1.165) is 33.6 Å². The Hall–Kier alpha value is -5.60. The third-order valence-corrected chi connectivity index (χ3v) is 9.62. The molecule has 2 nitrogen and oxygen atoms in total. The minimum absolute atomic E-state index is 0.112. The molecular weight excluding hydrogens is 546 g/mol. The SMILES string of the molecule is CC1(C)c2ccccc2-c2ccc3ccc4oc5cc(N(c6ccccc6)c6ccc(-c7ccccc7)cc6)ccc5c4c3c21. The predicted molar refractivity (Wildman–Crippen MR) is 189 cm³/mol. The fourth-order valence-electron chi connectivity index (χ4n) is 7.54. The number of fused-ring (bicyclic) bond motifs is 9. The van der Waals surface area contributed by atoms with Crippen molar-refractivity contribution in [2.45, 2.75) is 19.3 Å². The van der Waals surface area contributed by atoms with Gasteiger partial charge in [0.15, 0.2) is 0 Å². The molecule has 9 rings (SSSR count). The molecule has 0 fully saturated rings. The van der Waals surface area contributed by atoms with Crippen LogP contribution in [0.2, 0.25) is 0 Å². The smallest absolute Gasteiger partial charge is 0.137 e. The van der Waals surface area contributed by atoms with Gasteiger partial charge in [0, 0.05) is 39.3 Å². The number of anilines is 3. The maximum atomic E-state index is 6.68. The van der Waals surface area contributed by atoms with Crippen molar-refractivity contribution in [3.8, 4) is 22.3 Å². The van der Waals surface area contributed by atoms with Gasteiger partial charge in [0.2, 0.25) is 0 Å². The predicted octanol–water partition coefficient (Wildman–Crippen LogP) is 12.2. The van der Waals surface area contributed by atoms with Crippen LogP contribution < -0.4 is 4.90 Å². The monoisotopic (exact) mass is 577 g/mol. The first-order valence-electron chi connectivity index (χ1n) is 15.6. The van der Waals surface area contributed by atoms with Crippen molar-refractivity contribution < 1.29 is 4.42 Å². The first kappa shape index (κ1) is 25.9. The molecule has 0 unspecified atom stereocenters. The van der Waals surface area contributed by atoms with E-state index in [1.807, 2.05) is 0 Å². The Morgan fingerprint density at radius 1 is 0.489 bits per heavy atom. The number of para-hydroxylation sites is 1. The summed E-state index contributed by atoms with van der Waals surface area (Å²) < 4.78 is 6.68. The van der Waals surface area contributed by atoms with Crippen LogP contribution in [0.4, 0.5) is 17.1 Å². The molecule has 0 spiro atoms. The lowest BCUT2D eigenvalue weighted by Crippen LogP contribution is -2.15. The van der Waals surface area contributed by atoms with E-state index < -0.39 is 0 Å². The number of furan rings is 1. The molecule has 0 N–H and O–H groups in total. The van der Waals surface area contributed by atoms with Crippen LogP contribution in [0.5, 0.6) is 0 Å². The highest BCUT2D eigenvalue weighted by Gasteiger charge is 2.37. The van der Waals surface area contributed by atoms with Crippen molar-refractivity contribution >= 4 is 49.8 Å². The Balaban J connectivity index is 1.23. The van der Waals surface area contributed by atoms with Gasteiger partial charge in [-0.05, 0) is 86.6 Å². The fourth-order valence-corrected chi connectivity index (χ4v) is 7.54. The van der Waals surface area contributed by atoms with Crippen molar-refractivity contribution in [2.24, 2.45) is 0 Å². The molecule has 7 aromatic carbocycles. The van der Waals surface area contributed by atoms with Crippen LogP contribution in [-0.4, -0.2) is 0 Å². The Bertz CT molecular complexity index is 2380. The summed E-state index contributed by atoms with van der Waals surface area (Å²) in [5.74, 6) is 0. The van der Waals surface area contributed by atoms with Crippen LogP contribution in [0.3, 0.4) is 0 Å². The molecule has 1 heterocycles. The lowest BCUT2D eigenvalue weighted by atomic mass is 9.79. The van der Waals surface area contributed by atoms with Crippen molar-refractivity contribution in [3.05, 3.63) is 163 Å². The van der Waals surface area contributed by atoms with Crippen LogP contribution in [0.25, 0.3) is 55.0 Å². The molecule has 0 bridgehead atoms. The zero-order chi connectivity index (χ0) is 30.1. The Morgan fingerprint density at radius 2 is 1.13 bits per heavy atom. The highest BCUT2D eigenvalue weighted by atomic mass is 16.3. The molecule has 0 radical (unpaired) electrons. The molecule has 0 saturated carbocycles. The summed E-state index contributed by atoms with van der Waals surface area (Å²) >= 11 is 0. The summed E-state index contributed by atoms with van der Waals surface area (Å²) in [5, 5.41) is 4.89. The van der Waals surface area contributed by atoms with E-state index in [1.54, 1.807) is 0 Å².